The molecule has 8 heteroatoms. The maximum Gasteiger partial charge on any atom is 0.407 e. The number of methoxy groups -OCH3 is 1. The van der Waals surface area contributed by atoms with E-state index in [-0.39, 0.29) is 6.04 Å². The van der Waals surface area contributed by atoms with Gasteiger partial charge in [0, 0.05) is 25.7 Å². The average molecular weight is 331 g/mol. The van der Waals surface area contributed by atoms with Crippen LogP contribution in [0.1, 0.15) is 6.92 Å². The molecule has 0 spiro atoms. The highest BCUT2D eigenvalue weighted by molar-refractivity contribution is 9.10. The number of aromatic nitrogens is 2. The number of rotatable bonds is 2. The molecule has 0 aromatic carbocycles. The van der Waals surface area contributed by atoms with Crippen molar-refractivity contribution in [2.45, 2.75) is 13.0 Å². The van der Waals surface area contributed by atoms with Gasteiger partial charge in [0.05, 0.1) is 13.3 Å². The molecule has 1 aromatic heterocycles. The summed E-state index contributed by atoms with van der Waals surface area (Å²) in [5.74, 6) is 1.11. The summed E-state index contributed by atoms with van der Waals surface area (Å²) in [5.41, 5.74) is 0. The molecular weight excluding hydrogens is 316 g/mol. The molecular formula is C11H15BrN4O3. The Labute approximate surface area is 119 Å². The number of carbonyl (C=O) groups is 1. The van der Waals surface area contributed by atoms with E-state index in [9.17, 15) is 4.79 Å². The number of amides is 1. The fourth-order valence-corrected chi connectivity index (χ4v) is 2.52. The normalized spacial score (nSPS) is 19.4. The molecule has 1 amide bonds. The number of piperazine rings is 1. The van der Waals surface area contributed by atoms with Crippen LogP contribution in [0.3, 0.4) is 0 Å². The lowest BCUT2D eigenvalue weighted by Gasteiger charge is -2.38. The van der Waals surface area contributed by atoms with Crippen LogP contribution in [0.2, 0.25) is 0 Å². The molecule has 1 atom stereocenters. The Morgan fingerprint density at radius 1 is 1.58 bits per heavy atom. The third-order valence-corrected chi connectivity index (χ3v) is 3.63. The molecule has 0 bridgehead atoms. The largest absolute Gasteiger partial charge is 0.480 e. The van der Waals surface area contributed by atoms with Crippen LogP contribution in [0.25, 0.3) is 0 Å². The lowest BCUT2D eigenvalue weighted by Crippen LogP contribution is -2.54. The van der Waals surface area contributed by atoms with Gasteiger partial charge in [-0.15, -0.1) is 0 Å². The maximum atomic E-state index is 11.0. The van der Waals surface area contributed by atoms with E-state index >= 15 is 0 Å². The van der Waals surface area contributed by atoms with Gasteiger partial charge in [-0.25, -0.2) is 9.78 Å². The Hall–Kier alpha value is -1.57. The van der Waals surface area contributed by atoms with Gasteiger partial charge in [0.1, 0.15) is 4.60 Å². The quantitative estimate of drug-likeness (QED) is 0.883. The highest BCUT2D eigenvalue weighted by Crippen LogP contribution is 2.26. The van der Waals surface area contributed by atoms with Crippen molar-refractivity contribution in [1.82, 2.24) is 14.9 Å². The van der Waals surface area contributed by atoms with Crippen molar-refractivity contribution < 1.29 is 14.6 Å². The van der Waals surface area contributed by atoms with Crippen molar-refractivity contribution in [2.24, 2.45) is 0 Å². The molecule has 1 aromatic rings. The molecule has 1 aliphatic rings. The molecule has 0 aliphatic carbocycles. The van der Waals surface area contributed by atoms with Crippen LogP contribution in [0.4, 0.5) is 10.6 Å². The molecule has 7 nitrogen and oxygen atoms in total. The molecule has 0 saturated carbocycles. The van der Waals surface area contributed by atoms with Crippen LogP contribution in [-0.4, -0.2) is 58.9 Å². The molecule has 19 heavy (non-hydrogen) atoms. The highest BCUT2D eigenvalue weighted by atomic mass is 79.9. The van der Waals surface area contributed by atoms with Crippen LogP contribution >= 0.6 is 15.9 Å². The molecule has 0 radical (unpaired) electrons. The summed E-state index contributed by atoms with van der Waals surface area (Å²) in [6.07, 6.45) is 0.646. The minimum Gasteiger partial charge on any atom is -0.480 e. The summed E-state index contributed by atoms with van der Waals surface area (Å²) in [5, 5.41) is 9.05. The number of carboxylic acid groups (broad SMARTS) is 1. The van der Waals surface area contributed by atoms with Crippen LogP contribution in [-0.2, 0) is 0 Å². The van der Waals surface area contributed by atoms with Crippen LogP contribution in [0.15, 0.2) is 10.8 Å². The standard InChI is InChI=1S/C11H15BrN4O3/c1-7-6-15(3-4-16(7)11(17)18)10-9(12)13-5-8(14-10)19-2/h5,7H,3-4,6H2,1-2H3,(H,17,18). The van der Waals surface area contributed by atoms with E-state index in [1.54, 1.807) is 0 Å². The molecule has 1 N–H and O–H groups in total. The fourth-order valence-electron chi connectivity index (χ4n) is 2.08. The van der Waals surface area contributed by atoms with Crippen molar-refractivity contribution in [3.05, 3.63) is 10.8 Å². The predicted octanol–water partition coefficient (Wildman–Crippen LogP) is 1.44. The Balaban J connectivity index is 2.18. The number of halogens is 1. The topological polar surface area (TPSA) is 78.8 Å². The number of nitrogens with zero attached hydrogens (tertiary/aromatic N) is 4. The second kappa shape index (κ2) is 5.60. The highest BCUT2D eigenvalue weighted by Gasteiger charge is 2.29. The van der Waals surface area contributed by atoms with E-state index in [2.05, 4.69) is 25.9 Å². The van der Waals surface area contributed by atoms with Crippen LogP contribution < -0.4 is 9.64 Å². The number of ether oxygens (including phenoxy) is 1. The van der Waals surface area contributed by atoms with Gasteiger partial charge < -0.3 is 19.6 Å². The van der Waals surface area contributed by atoms with Crippen LogP contribution in [0, 0.1) is 0 Å². The first-order chi connectivity index (χ1) is 9.02. The first-order valence-electron chi connectivity index (χ1n) is 5.84. The summed E-state index contributed by atoms with van der Waals surface area (Å²) in [4.78, 5) is 23.0. The van der Waals surface area contributed by atoms with Gasteiger partial charge in [-0.1, -0.05) is 0 Å². The van der Waals surface area contributed by atoms with Gasteiger partial charge >= 0.3 is 6.09 Å². The fraction of sp³-hybridized carbons (Fsp3) is 0.545. The van der Waals surface area contributed by atoms with E-state index in [1.807, 2.05) is 11.8 Å². The zero-order valence-electron chi connectivity index (χ0n) is 10.7. The van der Waals surface area contributed by atoms with Crippen molar-refractivity contribution in [3.8, 4) is 5.88 Å². The van der Waals surface area contributed by atoms with E-state index in [0.29, 0.717) is 35.9 Å². The monoisotopic (exact) mass is 330 g/mol. The van der Waals surface area contributed by atoms with Crippen molar-refractivity contribution in [3.63, 3.8) is 0 Å². The Morgan fingerprint density at radius 2 is 2.32 bits per heavy atom. The number of hydrogen-bond acceptors (Lipinski definition) is 5. The van der Waals surface area contributed by atoms with Gasteiger partial charge in [-0.3, -0.25) is 0 Å². The van der Waals surface area contributed by atoms with E-state index in [1.165, 1.54) is 18.2 Å². The van der Waals surface area contributed by atoms with E-state index in [4.69, 9.17) is 9.84 Å². The summed E-state index contributed by atoms with van der Waals surface area (Å²) in [6.45, 7) is 3.48. The molecule has 1 fully saturated rings. The minimum absolute atomic E-state index is 0.0915. The van der Waals surface area contributed by atoms with Gasteiger partial charge in [-0.05, 0) is 22.9 Å². The smallest absolute Gasteiger partial charge is 0.407 e. The van der Waals surface area contributed by atoms with Crippen molar-refractivity contribution in [1.29, 1.82) is 0 Å². The van der Waals surface area contributed by atoms with Crippen molar-refractivity contribution >= 4 is 27.8 Å². The summed E-state index contributed by atoms with van der Waals surface area (Å²) >= 11 is 3.36. The second-order valence-electron chi connectivity index (χ2n) is 4.30. The Morgan fingerprint density at radius 3 is 2.89 bits per heavy atom. The SMILES string of the molecule is COc1cnc(Br)c(N2CCN(C(=O)O)C(C)C2)n1. The summed E-state index contributed by atoms with van der Waals surface area (Å²) < 4.78 is 5.69. The molecule has 1 unspecified atom stereocenters. The molecule has 104 valence electrons. The lowest BCUT2D eigenvalue weighted by molar-refractivity contribution is 0.122. The summed E-state index contributed by atoms with van der Waals surface area (Å²) in [6, 6.07) is -0.0915. The summed E-state index contributed by atoms with van der Waals surface area (Å²) in [7, 11) is 1.53. The van der Waals surface area contributed by atoms with Gasteiger partial charge in [0.2, 0.25) is 5.88 Å². The first-order valence-corrected chi connectivity index (χ1v) is 6.63. The number of anilines is 1. The lowest BCUT2D eigenvalue weighted by atomic mass is 10.2. The third-order valence-electron chi connectivity index (χ3n) is 3.07. The van der Waals surface area contributed by atoms with E-state index in [0.717, 1.165) is 0 Å². The van der Waals surface area contributed by atoms with Gasteiger partial charge in [0.25, 0.3) is 0 Å². The zero-order chi connectivity index (χ0) is 14.0. The molecule has 2 rings (SSSR count). The second-order valence-corrected chi connectivity index (χ2v) is 5.05. The molecule has 2 heterocycles. The van der Waals surface area contributed by atoms with Crippen molar-refractivity contribution in [2.75, 3.05) is 31.6 Å². The number of hydrogen-bond donors (Lipinski definition) is 1. The maximum absolute atomic E-state index is 11.0. The average Bonchev–Trinajstić information content (AvgIpc) is 2.38. The Kier molecular flexibility index (Phi) is 4.08. The minimum atomic E-state index is -0.886. The van der Waals surface area contributed by atoms with Crippen LogP contribution in [0.5, 0.6) is 5.88 Å². The van der Waals surface area contributed by atoms with Gasteiger partial charge in [-0.2, -0.15) is 4.98 Å². The third kappa shape index (κ3) is 2.89. The first kappa shape index (κ1) is 13.9. The molecule has 1 saturated heterocycles. The zero-order valence-corrected chi connectivity index (χ0v) is 12.3. The molecule has 1 aliphatic heterocycles. The van der Waals surface area contributed by atoms with E-state index < -0.39 is 6.09 Å². The van der Waals surface area contributed by atoms with Gasteiger partial charge in [0.15, 0.2) is 5.82 Å². The predicted molar refractivity (Wildman–Crippen MR) is 72.7 cm³/mol. The Bertz CT molecular complexity index is 485.